The van der Waals surface area contributed by atoms with Crippen LogP contribution in [-0.2, 0) is 28.5 Å². The van der Waals surface area contributed by atoms with E-state index < -0.39 is 14.3 Å². The van der Waals surface area contributed by atoms with E-state index in [9.17, 15) is 14.7 Å². The van der Waals surface area contributed by atoms with Crippen LogP contribution in [0.4, 0.5) is 0 Å². The fourth-order valence-electron chi connectivity index (χ4n) is 4.57. The van der Waals surface area contributed by atoms with Gasteiger partial charge in [-0.2, -0.15) is 0 Å². The molecule has 190 valence electrons. The van der Waals surface area contributed by atoms with Crippen molar-refractivity contribution in [3.63, 3.8) is 0 Å². The average Bonchev–Trinajstić information content (AvgIpc) is 2.77. The third-order valence-electron chi connectivity index (χ3n) is 7.60. The molecule has 5 nitrogen and oxygen atoms in total. The van der Waals surface area contributed by atoms with Gasteiger partial charge in [-0.1, -0.05) is 57.2 Å². The average molecular weight is 516 g/mol. The predicted molar refractivity (Wildman–Crippen MR) is 144 cm³/mol. The SMILES string of the molecule is C[C@H]1c2cccc(C(=O)O)c2C[C@H](CO[Si](C)(C)C(C)(C)C)N1C(=O)Cc1cccc(CCCl)c1. The standard InChI is InChI=1S/C28H38ClNO4Si/c1-19-23-11-8-12-24(27(32)33)25(23)17-22(18-34-35(5,6)28(2,3)4)30(19)26(31)16-21-10-7-9-20(15-21)13-14-29/h7-12,15,19,22H,13-14,16-18H2,1-6H3,(H,32,33)/t19-,22+/m0/s1. The summed E-state index contributed by atoms with van der Waals surface area (Å²) in [5.41, 5.74) is 4.10. The number of carboxylic acids is 1. The Hall–Kier alpha value is -2.15. The summed E-state index contributed by atoms with van der Waals surface area (Å²) in [6.07, 6.45) is 1.51. The van der Waals surface area contributed by atoms with Crippen molar-refractivity contribution in [2.75, 3.05) is 12.5 Å². The number of carbonyl (C=O) groups is 2. The van der Waals surface area contributed by atoms with Gasteiger partial charge in [0.15, 0.2) is 8.32 Å². The number of fused-ring (bicyclic) bond motifs is 1. The molecule has 1 aliphatic rings. The summed E-state index contributed by atoms with van der Waals surface area (Å²) in [5.74, 6) is -0.374. The highest BCUT2D eigenvalue weighted by Gasteiger charge is 2.41. The van der Waals surface area contributed by atoms with Gasteiger partial charge >= 0.3 is 5.97 Å². The van der Waals surface area contributed by atoms with Crippen molar-refractivity contribution in [1.29, 1.82) is 0 Å². The maximum absolute atomic E-state index is 13.7. The number of carboxylic acid groups (broad SMARTS) is 1. The first kappa shape index (κ1) is 27.4. The number of aromatic carboxylic acids is 1. The zero-order valence-corrected chi connectivity index (χ0v) is 23.5. The molecular formula is C28H38ClNO4Si. The Morgan fingerprint density at radius 3 is 2.43 bits per heavy atom. The highest BCUT2D eigenvalue weighted by atomic mass is 35.5. The number of carbonyl (C=O) groups excluding carboxylic acids is 1. The zero-order chi connectivity index (χ0) is 26.0. The molecule has 35 heavy (non-hydrogen) atoms. The molecule has 1 N–H and O–H groups in total. The Morgan fingerprint density at radius 1 is 1.14 bits per heavy atom. The van der Waals surface area contributed by atoms with Crippen molar-refractivity contribution in [2.24, 2.45) is 0 Å². The van der Waals surface area contributed by atoms with Crippen molar-refractivity contribution >= 4 is 31.8 Å². The maximum Gasteiger partial charge on any atom is 0.335 e. The molecule has 2 aromatic rings. The molecule has 1 heterocycles. The molecule has 1 aliphatic heterocycles. The molecule has 0 aromatic heterocycles. The molecule has 1 amide bonds. The van der Waals surface area contributed by atoms with E-state index in [0.29, 0.717) is 24.5 Å². The van der Waals surface area contributed by atoms with Crippen molar-refractivity contribution in [3.05, 3.63) is 70.3 Å². The van der Waals surface area contributed by atoms with Crippen molar-refractivity contribution in [1.82, 2.24) is 4.90 Å². The zero-order valence-electron chi connectivity index (χ0n) is 21.7. The van der Waals surface area contributed by atoms with Gasteiger partial charge in [-0.05, 0) is 66.2 Å². The molecule has 0 bridgehead atoms. The van der Waals surface area contributed by atoms with Gasteiger partial charge in [0, 0.05) is 5.88 Å². The molecule has 2 atom stereocenters. The third-order valence-corrected chi connectivity index (χ3v) is 12.3. The van der Waals surface area contributed by atoms with E-state index in [-0.39, 0.29) is 29.4 Å². The summed E-state index contributed by atoms with van der Waals surface area (Å²) in [6, 6.07) is 12.9. The van der Waals surface area contributed by atoms with Crippen molar-refractivity contribution < 1.29 is 19.1 Å². The Labute approximate surface area is 215 Å². The third kappa shape index (κ3) is 6.16. The number of aryl methyl sites for hydroxylation is 1. The van der Waals surface area contributed by atoms with E-state index >= 15 is 0 Å². The minimum Gasteiger partial charge on any atom is -0.478 e. The van der Waals surface area contributed by atoms with Crippen LogP contribution in [0.15, 0.2) is 42.5 Å². The lowest BCUT2D eigenvalue weighted by molar-refractivity contribution is -0.137. The van der Waals surface area contributed by atoms with Crippen LogP contribution in [0.25, 0.3) is 0 Å². The van der Waals surface area contributed by atoms with Crippen molar-refractivity contribution in [2.45, 2.75) is 77.2 Å². The van der Waals surface area contributed by atoms with Crippen LogP contribution in [-0.4, -0.2) is 48.7 Å². The fraction of sp³-hybridized carbons (Fsp3) is 0.500. The normalized spacial score (nSPS) is 18.3. The monoisotopic (exact) mass is 515 g/mol. The second-order valence-electron chi connectivity index (χ2n) is 11.0. The van der Waals surface area contributed by atoms with E-state index in [4.69, 9.17) is 16.0 Å². The largest absolute Gasteiger partial charge is 0.478 e. The second-order valence-corrected chi connectivity index (χ2v) is 16.2. The van der Waals surface area contributed by atoms with Gasteiger partial charge in [0.1, 0.15) is 0 Å². The minimum absolute atomic E-state index is 0.0238. The molecule has 0 aliphatic carbocycles. The summed E-state index contributed by atoms with van der Waals surface area (Å²) in [5, 5.41) is 9.84. The number of alkyl halides is 1. The van der Waals surface area contributed by atoms with Crippen LogP contribution in [0.5, 0.6) is 0 Å². The molecular weight excluding hydrogens is 478 g/mol. The lowest BCUT2D eigenvalue weighted by atomic mass is 9.85. The highest BCUT2D eigenvalue weighted by molar-refractivity contribution is 6.74. The van der Waals surface area contributed by atoms with Crippen LogP contribution in [0.1, 0.15) is 66.3 Å². The Kier molecular flexibility index (Phi) is 8.51. The van der Waals surface area contributed by atoms with E-state index in [2.05, 4.69) is 33.9 Å². The fourth-order valence-corrected chi connectivity index (χ4v) is 5.83. The van der Waals surface area contributed by atoms with Crippen LogP contribution in [0.3, 0.4) is 0 Å². The predicted octanol–water partition coefficient (Wildman–Crippen LogP) is 6.24. The summed E-state index contributed by atoms with van der Waals surface area (Å²) in [7, 11) is -2.06. The van der Waals surface area contributed by atoms with Crippen LogP contribution in [0.2, 0.25) is 18.1 Å². The van der Waals surface area contributed by atoms with Crippen molar-refractivity contribution in [3.8, 4) is 0 Å². The first-order chi connectivity index (χ1) is 16.4. The Bertz CT molecular complexity index is 1080. The number of amides is 1. The van der Waals surface area contributed by atoms with Gasteiger partial charge in [-0.25, -0.2) is 4.79 Å². The van der Waals surface area contributed by atoms with Gasteiger partial charge in [-0.3, -0.25) is 4.79 Å². The second kappa shape index (κ2) is 10.9. The molecule has 0 fully saturated rings. The highest BCUT2D eigenvalue weighted by Crippen LogP contribution is 2.39. The van der Waals surface area contributed by atoms with Gasteiger partial charge < -0.3 is 14.4 Å². The first-order valence-electron chi connectivity index (χ1n) is 12.3. The minimum atomic E-state index is -2.06. The van der Waals surface area contributed by atoms with E-state index in [1.165, 1.54) is 0 Å². The van der Waals surface area contributed by atoms with Gasteiger partial charge in [0.05, 0.1) is 30.7 Å². The summed E-state index contributed by atoms with van der Waals surface area (Å²) < 4.78 is 6.56. The van der Waals surface area contributed by atoms with E-state index in [1.807, 2.05) is 42.2 Å². The summed E-state index contributed by atoms with van der Waals surface area (Å²) in [6.45, 7) is 13.4. The molecule has 0 saturated carbocycles. The number of hydrogen-bond donors (Lipinski definition) is 1. The van der Waals surface area contributed by atoms with Crippen LogP contribution < -0.4 is 0 Å². The maximum atomic E-state index is 13.7. The smallest absolute Gasteiger partial charge is 0.335 e. The quantitative estimate of drug-likeness (QED) is 0.333. The number of halogens is 1. The molecule has 0 saturated heterocycles. The summed E-state index contributed by atoms with van der Waals surface area (Å²) >= 11 is 5.91. The Morgan fingerprint density at radius 2 is 1.80 bits per heavy atom. The molecule has 0 spiro atoms. The Balaban J connectivity index is 1.95. The van der Waals surface area contributed by atoms with Crippen LogP contribution in [0, 0.1) is 0 Å². The van der Waals surface area contributed by atoms with Crippen LogP contribution >= 0.6 is 11.6 Å². The molecule has 3 rings (SSSR count). The lowest BCUT2D eigenvalue weighted by Crippen LogP contribution is -2.52. The van der Waals surface area contributed by atoms with E-state index in [1.54, 1.807) is 12.1 Å². The topological polar surface area (TPSA) is 66.8 Å². The molecule has 7 heteroatoms. The molecule has 2 aromatic carbocycles. The number of rotatable bonds is 8. The number of hydrogen-bond acceptors (Lipinski definition) is 3. The first-order valence-corrected chi connectivity index (χ1v) is 15.7. The van der Waals surface area contributed by atoms with Gasteiger partial charge in [0.2, 0.25) is 5.91 Å². The van der Waals surface area contributed by atoms with Gasteiger partial charge in [0.25, 0.3) is 0 Å². The van der Waals surface area contributed by atoms with E-state index in [0.717, 1.165) is 28.7 Å². The number of benzene rings is 2. The molecule has 0 unspecified atom stereocenters. The number of nitrogens with zero attached hydrogens (tertiary/aromatic N) is 1. The lowest BCUT2D eigenvalue weighted by Gasteiger charge is -2.44. The summed E-state index contributed by atoms with van der Waals surface area (Å²) in [4.78, 5) is 27.6. The molecule has 0 radical (unpaired) electrons. The van der Waals surface area contributed by atoms with Gasteiger partial charge in [-0.15, -0.1) is 11.6 Å².